The number of hydrogen-bond donors (Lipinski definition) is 1. The molecule has 4 heteroatoms. The monoisotopic (exact) mass is 148 g/mol. The van der Waals surface area contributed by atoms with Gasteiger partial charge in [-0.2, -0.15) is 0 Å². The van der Waals surface area contributed by atoms with Crippen LogP contribution in [0, 0.1) is 0 Å². The van der Waals surface area contributed by atoms with Crippen molar-refractivity contribution in [2.75, 3.05) is 13.2 Å². The summed E-state index contributed by atoms with van der Waals surface area (Å²) in [4.78, 5) is 6.42. The molecule has 3 nitrogen and oxygen atoms in total. The van der Waals surface area contributed by atoms with E-state index in [2.05, 4.69) is 14.7 Å². The smallest absolute Gasteiger partial charge is 0.120 e. The number of nitrogens with zero attached hydrogens (tertiary/aromatic N) is 1. The largest absolute Gasteiger partial charge is 0.369 e. The van der Waals surface area contributed by atoms with E-state index in [9.17, 15) is 0 Å². The quantitative estimate of drug-likeness (QED) is 0.609. The maximum absolute atomic E-state index is 4.96. The van der Waals surface area contributed by atoms with E-state index in [4.69, 9.17) is 11.6 Å². The number of rotatable bonds is 1. The molecule has 1 N–H and O–H groups in total. The first kappa shape index (κ1) is 8.46. The van der Waals surface area contributed by atoms with Crippen LogP contribution in [0.2, 0.25) is 0 Å². The van der Waals surface area contributed by atoms with E-state index in [0.29, 0.717) is 6.07 Å². The highest BCUT2D eigenvalue weighted by Crippen LogP contribution is 1.66. The molecule has 9 heavy (non-hydrogen) atoms. The van der Waals surface area contributed by atoms with E-state index in [-0.39, 0.29) is 0 Å². The van der Waals surface area contributed by atoms with Gasteiger partial charge in [-0.25, -0.2) is 4.98 Å². The topological polar surface area (TPSA) is 37.9 Å². The fourth-order valence-corrected chi connectivity index (χ4v) is 0.215. The highest BCUT2D eigenvalue weighted by molar-refractivity contribution is 6.17. The van der Waals surface area contributed by atoms with Gasteiger partial charge in [0, 0.05) is 19.5 Å². The van der Waals surface area contributed by atoms with Crippen LogP contribution in [0.25, 0.3) is 0 Å². The Labute approximate surface area is 59.0 Å². The normalized spacial score (nSPS) is 7.78. The summed E-state index contributed by atoms with van der Waals surface area (Å²) in [6.07, 6.45) is 5.08. The zero-order valence-corrected chi connectivity index (χ0v) is 5.93. The van der Waals surface area contributed by atoms with Crippen molar-refractivity contribution in [3.8, 4) is 0 Å². The molecule has 1 rings (SSSR count). The van der Waals surface area contributed by atoms with E-state index >= 15 is 0 Å². The van der Waals surface area contributed by atoms with Gasteiger partial charge in [0.1, 0.15) is 6.07 Å². The Hall–Kier alpha value is -0.540. The van der Waals surface area contributed by atoms with Gasteiger partial charge in [0.2, 0.25) is 0 Å². The third-order valence-corrected chi connectivity index (χ3v) is 0.733. The predicted octanol–water partition coefficient (Wildman–Crippen LogP) is 1.24. The maximum Gasteiger partial charge on any atom is 0.120 e. The zero-order valence-electron chi connectivity index (χ0n) is 5.17. The molecule has 0 spiro atoms. The molecule has 1 aromatic heterocycles. The minimum Gasteiger partial charge on any atom is -0.369 e. The third kappa shape index (κ3) is 7.46. The Balaban J connectivity index is 0.000000148. The van der Waals surface area contributed by atoms with Crippen molar-refractivity contribution in [1.82, 2.24) is 9.97 Å². The van der Waals surface area contributed by atoms with Crippen molar-refractivity contribution in [3.63, 3.8) is 0 Å². The van der Waals surface area contributed by atoms with Gasteiger partial charge in [0.25, 0.3) is 0 Å². The average molecular weight is 149 g/mol. The molecule has 0 bridgehead atoms. The third-order valence-electron chi connectivity index (χ3n) is 0.515. The van der Waals surface area contributed by atoms with E-state index in [0.717, 1.165) is 0 Å². The number of ether oxygens (including phenoxy) is 1. The van der Waals surface area contributed by atoms with Gasteiger partial charge in [-0.1, -0.05) is 11.6 Å². The van der Waals surface area contributed by atoms with Crippen LogP contribution in [0.5, 0.6) is 0 Å². The second kappa shape index (κ2) is 7.46. The second-order valence-corrected chi connectivity index (χ2v) is 1.38. The van der Waals surface area contributed by atoms with Crippen LogP contribution in [0.15, 0.2) is 18.7 Å². The molecule has 0 saturated heterocycles. The van der Waals surface area contributed by atoms with E-state index in [1.807, 2.05) is 0 Å². The van der Waals surface area contributed by atoms with Crippen LogP contribution in [-0.2, 0) is 4.74 Å². The summed E-state index contributed by atoms with van der Waals surface area (Å²) < 4.78 is 4.31. The number of nitrogens with one attached hydrogen (secondary N) is 1. The molecular formula is C5H9ClN2O. The molecule has 0 unspecified atom stereocenters. The van der Waals surface area contributed by atoms with Crippen molar-refractivity contribution in [2.24, 2.45) is 0 Å². The minimum atomic E-state index is 0.292. The van der Waals surface area contributed by atoms with Gasteiger partial charge in [0.05, 0.1) is 6.33 Å². The Morgan fingerprint density at radius 2 is 2.44 bits per heavy atom. The summed E-state index contributed by atoms with van der Waals surface area (Å²) in [6.45, 7) is 0. The van der Waals surface area contributed by atoms with Crippen LogP contribution in [-0.4, -0.2) is 23.1 Å². The average Bonchev–Trinajstić information content (AvgIpc) is 2.43. The number of aromatic nitrogens is 2. The van der Waals surface area contributed by atoms with Crippen LogP contribution >= 0.6 is 11.6 Å². The lowest BCUT2D eigenvalue weighted by Crippen LogP contribution is -1.68. The van der Waals surface area contributed by atoms with E-state index < -0.39 is 0 Å². The molecule has 0 aliphatic heterocycles. The molecule has 52 valence electrons. The van der Waals surface area contributed by atoms with Gasteiger partial charge in [0.15, 0.2) is 0 Å². The highest BCUT2D eigenvalue weighted by atomic mass is 35.5. The van der Waals surface area contributed by atoms with Gasteiger partial charge in [-0.3, -0.25) is 0 Å². The van der Waals surface area contributed by atoms with Crippen molar-refractivity contribution < 1.29 is 4.74 Å². The summed E-state index contributed by atoms with van der Waals surface area (Å²) >= 11 is 4.96. The van der Waals surface area contributed by atoms with Crippen molar-refractivity contribution >= 4 is 11.6 Å². The maximum atomic E-state index is 4.96. The summed E-state index contributed by atoms with van der Waals surface area (Å²) in [5, 5.41) is 0. The SMILES string of the molecule is COCCl.c1c[nH]cn1. The van der Waals surface area contributed by atoms with Gasteiger partial charge >= 0.3 is 0 Å². The summed E-state index contributed by atoms with van der Waals surface area (Å²) in [6, 6.07) is 0.292. The standard InChI is InChI=1S/C3H4N2.C2H5ClO/c1-2-5-3-4-1;1-4-2-3/h1-3H,(H,4,5);2H2,1H3. The molecule has 0 atom stereocenters. The van der Waals surface area contributed by atoms with Crippen molar-refractivity contribution in [3.05, 3.63) is 18.7 Å². The number of H-pyrrole nitrogens is 1. The Bertz CT molecular complexity index is 90.5. The number of alkyl halides is 1. The first-order valence-corrected chi connectivity index (χ1v) is 2.93. The first-order chi connectivity index (χ1) is 4.41. The van der Waals surface area contributed by atoms with Crippen molar-refractivity contribution in [2.45, 2.75) is 0 Å². The number of imidazole rings is 1. The van der Waals surface area contributed by atoms with Crippen LogP contribution < -0.4 is 0 Å². The number of methoxy groups -OCH3 is 1. The molecule has 0 amide bonds. The molecular weight excluding hydrogens is 140 g/mol. The fraction of sp³-hybridized carbons (Fsp3) is 0.400. The number of hydrogen-bond acceptors (Lipinski definition) is 2. The Morgan fingerprint density at radius 3 is 2.56 bits per heavy atom. The van der Waals surface area contributed by atoms with Crippen LogP contribution in [0.3, 0.4) is 0 Å². The lowest BCUT2D eigenvalue weighted by Gasteiger charge is -1.74. The predicted molar refractivity (Wildman–Crippen MR) is 36.3 cm³/mol. The summed E-state index contributed by atoms with van der Waals surface area (Å²) in [7, 11) is 1.55. The zero-order chi connectivity index (χ0) is 6.95. The van der Waals surface area contributed by atoms with Gasteiger partial charge in [-0.15, -0.1) is 0 Å². The van der Waals surface area contributed by atoms with Gasteiger partial charge in [-0.05, 0) is 0 Å². The van der Waals surface area contributed by atoms with Crippen molar-refractivity contribution in [1.29, 1.82) is 0 Å². The Kier molecular flexibility index (Phi) is 7.01. The molecule has 0 radical (unpaired) electrons. The van der Waals surface area contributed by atoms with Crippen LogP contribution in [0.1, 0.15) is 0 Å². The molecule has 0 fully saturated rings. The van der Waals surface area contributed by atoms with Gasteiger partial charge < -0.3 is 9.72 Å². The summed E-state index contributed by atoms with van der Waals surface area (Å²) in [5.74, 6) is 0. The van der Waals surface area contributed by atoms with E-state index in [1.165, 1.54) is 0 Å². The molecule has 0 aromatic carbocycles. The molecule has 1 aromatic rings. The lowest BCUT2D eigenvalue weighted by atomic mass is 11.0. The highest BCUT2D eigenvalue weighted by Gasteiger charge is 1.56. The minimum absolute atomic E-state index is 0.292. The fourth-order valence-electron chi connectivity index (χ4n) is 0.215. The van der Waals surface area contributed by atoms with Crippen LogP contribution in [0.4, 0.5) is 0 Å². The first-order valence-electron chi connectivity index (χ1n) is 2.39. The molecule has 0 aliphatic rings. The Morgan fingerprint density at radius 1 is 1.78 bits per heavy atom. The number of halogens is 1. The second-order valence-electron chi connectivity index (χ2n) is 1.16. The molecule has 0 aliphatic carbocycles. The van der Waals surface area contributed by atoms with E-state index in [1.54, 1.807) is 25.8 Å². The lowest BCUT2D eigenvalue weighted by molar-refractivity contribution is 0.254. The molecule has 1 heterocycles. The summed E-state index contributed by atoms with van der Waals surface area (Å²) in [5.41, 5.74) is 0. The molecule has 0 saturated carbocycles. The number of aromatic amines is 1.